The molecule has 2 atom stereocenters. The predicted octanol–water partition coefficient (Wildman–Crippen LogP) is 4.79. The molecule has 2 aromatic rings. The Morgan fingerprint density at radius 1 is 0.952 bits per heavy atom. The highest BCUT2D eigenvalue weighted by Crippen LogP contribution is 2.63. The van der Waals surface area contributed by atoms with Crippen molar-refractivity contribution in [1.82, 2.24) is 4.98 Å². The van der Waals surface area contributed by atoms with Crippen LogP contribution in [0.4, 0.5) is 0 Å². The van der Waals surface area contributed by atoms with Gasteiger partial charge in [0, 0.05) is 12.2 Å². The third-order valence-electron chi connectivity index (χ3n) is 3.98. The first-order valence-corrected chi connectivity index (χ1v) is 9.99. The fraction of sp³-hybridized carbons (Fsp3) is 0.167. The highest BCUT2D eigenvalue weighted by atomic mass is 32.4. The second-order valence-corrected chi connectivity index (χ2v) is 9.97. The molecule has 0 amide bonds. The Bertz CT molecular complexity index is 747. The summed E-state index contributed by atoms with van der Waals surface area (Å²) in [6.45, 7) is 4.32. The van der Waals surface area contributed by atoms with Crippen LogP contribution in [0.3, 0.4) is 0 Å². The zero-order chi connectivity index (χ0) is 14.9. The number of rotatable bonds is 2. The highest BCUT2D eigenvalue weighted by Gasteiger charge is 2.32. The van der Waals surface area contributed by atoms with E-state index in [9.17, 15) is 0 Å². The smallest absolute Gasteiger partial charge is 0.0561 e. The van der Waals surface area contributed by atoms with E-state index in [1.807, 2.05) is 24.4 Å². The van der Waals surface area contributed by atoms with Crippen molar-refractivity contribution in [3.8, 4) is 0 Å². The van der Waals surface area contributed by atoms with Crippen LogP contribution in [0.1, 0.15) is 25.2 Å². The van der Waals surface area contributed by atoms with E-state index in [0.717, 1.165) is 5.69 Å². The molecule has 0 N–H and O–H groups in total. The summed E-state index contributed by atoms with van der Waals surface area (Å²) in [6.07, 6.45) is 4.17. The van der Waals surface area contributed by atoms with Gasteiger partial charge in [-0.2, -0.15) is 0 Å². The SMILES string of the molecule is CC1=CC(c2ccccn2)P(=S)(c2ccccc2)C=C1C. The molecule has 0 radical (unpaired) electrons. The summed E-state index contributed by atoms with van der Waals surface area (Å²) < 4.78 is 0. The number of allylic oxidation sites excluding steroid dienone is 3. The molecular formula is C18H18NPS. The minimum atomic E-state index is -1.86. The zero-order valence-electron chi connectivity index (χ0n) is 12.2. The summed E-state index contributed by atoms with van der Waals surface area (Å²) in [5, 5.41) is 1.26. The van der Waals surface area contributed by atoms with Gasteiger partial charge in [0.2, 0.25) is 0 Å². The molecule has 1 nitrogen and oxygen atoms in total. The lowest BCUT2D eigenvalue weighted by molar-refractivity contribution is 1.06. The van der Waals surface area contributed by atoms with Crippen molar-refractivity contribution in [2.75, 3.05) is 0 Å². The monoisotopic (exact) mass is 311 g/mol. The fourth-order valence-electron chi connectivity index (χ4n) is 2.68. The van der Waals surface area contributed by atoms with E-state index in [4.69, 9.17) is 11.8 Å². The second kappa shape index (κ2) is 5.71. The van der Waals surface area contributed by atoms with Crippen LogP contribution >= 0.6 is 6.04 Å². The van der Waals surface area contributed by atoms with Crippen LogP contribution in [-0.2, 0) is 11.8 Å². The summed E-state index contributed by atoms with van der Waals surface area (Å²) in [4.78, 5) is 4.57. The predicted molar refractivity (Wildman–Crippen MR) is 94.9 cm³/mol. The number of pyridine rings is 1. The fourth-order valence-corrected chi connectivity index (χ4v) is 7.06. The Hall–Kier alpha value is -1.50. The number of nitrogens with zero attached hydrogens (tertiary/aromatic N) is 1. The lowest BCUT2D eigenvalue weighted by Crippen LogP contribution is -2.13. The topological polar surface area (TPSA) is 12.9 Å². The van der Waals surface area contributed by atoms with E-state index in [1.165, 1.54) is 16.5 Å². The Morgan fingerprint density at radius 3 is 2.33 bits per heavy atom. The maximum absolute atomic E-state index is 6.20. The normalized spacial score (nSPS) is 25.1. The quantitative estimate of drug-likeness (QED) is 0.740. The maximum Gasteiger partial charge on any atom is 0.0561 e. The van der Waals surface area contributed by atoms with Gasteiger partial charge in [0.1, 0.15) is 0 Å². The summed E-state index contributed by atoms with van der Waals surface area (Å²) in [5.74, 6) is 2.33. The molecule has 2 heterocycles. The van der Waals surface area contributed by atoms with E-state index >= 15 is 0 Å². The van der Waals surface area contributed by atoms with Crippen LogP contribution < -0.4 is 5.30 Å². The first kappa shape index (κ1) is 14.4. The van der Waals surface area contributed by atoms with Gasteiger partial charge in [0.05, 0.1) is 11.4 Å². The number of hydrogen-bond donors (Lipinski definition) is 0. The molecule has 1 aromatic carbocycles. The minimum Gasteiger partial charge on any atom is -0.260 e. The highest BCUT2D eigenvalue weighted by molar-refractivity contribution is 8.20. The van der Waals surface area contributed by atoms with E-state index in [2.05, 4.69) is 61.1 Å². The molecule has 3 rings (SSSR count). The molecule has 1 aliphatic heterocycles. The average molecular weight is 311 g/mol. The molecule has 1 aromatic heterocycles. The number of aromatic nitrogens is 1. The largest absolute Gasteiger partial charge is 0.260 e. The first-order valence-electron chi connectivity index (χ1n) is 7.05. The maximum atomic E-state index is 6.20. The van der Waals surface area contributed by atoms with Gasteiger partial charge in [-0.15, -0.1) is 0 Å². The Balaban J connectivity index is 2.19. The van der Waals surface area contributed by atoms with E-state index < -0.39 is 6.04 Å². The minimum absolute atomic E-state index is 0.194. The van der Waals surface area contributed by atoms with Gasteiger partial charge in [-0.25, -0.2) is 0 Å². The molecule has 21 heavy (non-hydrogen) atoms. The molecule has 106 valence electrons. The van der Waals surface area contributed by atoms with Gasteiger partial charge in [-0.05, 0) is 42.7 Å². The van der Waals surface area contributed by atoms with Crippen molar-refractivity contribution < 1.29 is 0 Å². The number of hydrogen-bond acceptors (Lipinski definition) is 2. The molecule has 0 saturated heterocycles. The third kappa shape index (κ3) is 2.66. The summed E-state index contributed by atoms with van der Waals surface area (Å²) >= 11 is 6.20. The van der Waals surface area contributed by atoms with Crippen molar-refractivity contribution in [2.24, 2.45) is 0 Å². The first-order chi connectivity index (χ1) is 10.1. The average Bonchev–Trinajstić information content (AvgIpc) is 2.53. The lowest BCUT2D eigenvalue weighted by atomic mass is 10.1. The Morgan fingerprint density at radius 2 is 1.67 bits per heavy atom. The van der Waals surface area contributed by atoms with E-state index in [0.29, 0.717) is 0 Å². The zero-order valence-corrected chi connectivity index (χ0v) is 13.9. The van der Waals surface area contributed by atoms with Crippen molar-refractivity contribution in [1.29, 1.82) is 0 Å². The van der Waals surface area contributed by atoms with Crippen molar-refractivity contribution in [2.45, 2.75) is 19.5 Å². The van der Waals surface area contributed by atoms with E-state index in [-0.39, 0.29) is 5.66 Å². The van der Waals surface area contributed by atoms with Crippen molar-refractivity contribution >= 4 is 23.1 Å². The Kier molecular flexibility index (Phi) is 3.93. The molecule has 0 saturated carbocycles. The second-order valence-electron chi connectivity index (χ2n) is 5.41. The van der Waals surface area contributed by atoms with Crippen LogP contribution in [0, 0.1) is 0 Å². The van der Waals surface area contributed by atoms with Gasteiger partial charge in [-0.3, -0.25) is 4.98 Å². The van der Waals surface area contributed by atoms with Crippen LogP contribution in [0.15, 0.2) is 77.8 Å². The summed E-state index contributed by atoms with van der Waals surface area (Å²) in [7, 11) is 0. The van der Waals surface area contributed by atoms with Gasteiger partial charge >= 0.3 is 0 Å². The molecular weight excluding hydrogens is 293 g/mol. The van der Waals surface area contributed by atoms with Gasteiger partial charge < -0.3 is 0 Å². The molecule has 0 spiro atoms. The molecule has 2 unspecified atom stereocenters. The van der Waals surface area contributed by atoms with Crippen LogP contribution in [0.5, 0.6) is 0 Å². The summed E-state index contributed by atoms with van der Waals surface area (Å²) in [6, 6.07) is 14.7. The molecule has 0 bridgehead atoms. The van der Waals surface area contributed by atoms with Gasteiger partial charge in [0.25, 0.3) is 0 Å². The van der Waals surface area contributed by atoms with Crippen molar-refractivity contribution in [3.05, 3.63) is 83.5 Å². The lowest BCUT2D eigenvalue weighted by Gasteiger charge is -2.31. The standard InChI is InChI=1S/C18H18NPS/c1-14-12-18(17-10-6-7-11-19-17)20(21,13-15(14)2)16-8-4-3-5-9-16/h3-13,18H,1-2H3. The van der Waals surface area contributed by atoms with Gasteiger partial charge in [-0.1, -0.05) is 59.9 Å². The van der Waals surface area contributed by atoms with Crippen LogP contribution in [0.2, 0.25) is 0 Å². The molecule has 0 aliphatic carbocycles. The van der Waals surface area contributed by atoms with Gasteiger partial charge in [0.15, 0.2) is 0 Å². The summed E-state index contributed by atoms with van der Waals surface area (Å²) in [5.41, 5.74) is 3.88. The van der Waals surface area contributed by atoms with Crippen LogP contribution in [-0.4, -0.2) is 4.98 Å². The molecule has 1 aliphatic rings. The third-order valence-corrected chi connectivity index (χ3v) is 8.73. The van der Waals surface area contributed by atoms with Crippen molar-refractivity contribution in [3.63, 3.8) is 0 Å². The Labute approximate surface area is 131 Å². The molecule has 0 fully saturated rings. The van der Waals surface area contributed by atoms with Crippen LogP contribution in [0.25, 0.3) is 0 Å². The van der Waals surface area contributed by atoms with E-state index in [1.54, 1.807) is 0 Å². The number of benzene rings is 1. The molecule has 3 heteroatoms.